The molecule has 0 aliphatic heterocycles. The highest BCUT2D eigenvalue weighted by Crippen LogP contribution is 2.24. The summed E-state index contributed by atoms with van der Waals surface area (Å²) in [4.78, 5) is 11.2. The Labute approximate surface area is 84.0 Å². The topological polar surface area (TPSA) is 65.0 Å². The number of rotatable bonds is 5. The lowest BCUT2D eigenvalue weighted by atomic mass is 9.90. The summed E-state index contributed by atoms with van der Waals surface area (Å²) in [6, 6.07) is 0. The third kappa shape index (κ3) is 2.67. The zero-order valence-corrected chi connectivity index (χ0v) is 9.23. The molecule has 0 amide bonds. The van der Waals surface area contributed by atoms with Gasteiger partial charge >= 0.3 is 5.97 Å². The molecule has 0 aliphatic carbocycles. The van der Waals surface area contributed by atoms with Crippen molar-refractivity contribution in [1.82, 2.24) is 0 Å². The molecule has 0 aromatic rings. The van der Waals surface area contributed by atoms with Gasteiger partial charge in [-0.1, -0.05) is 0 Å². The first-order chi connectivity index (χ1) is 6.41. The van der Waals surface area contributed by atoms with Gasteiger partial charge in [0.2, 0.25) is 0 Å². The number of carbonyl (C=O) groups excluding carboxylic acids is 1. The van der Waals surface area contributed by atoms with Gasteiger partial charge in [-0.2, -0.15) is 0 Å². The molecule has 84 valence electrons. The van der Waals surface area contributed by atoms with Gasteiger partial charge in [-0.3, -0.25) is 4.79 Å². The Hall–Kier alpha value is -0.650. The van der Waals surface area contributed by atoms with Crippen LogP contribution in [0.3, 0.4) is 0 Å². The first kappa shape index (κ1) is 13.4. The quantitative estimate of drug-likeness (QED) is 0.513. The molecule has 0 bridgehead atoms. The highest BCUT2D eigenvalue weighted by molar-refractivity contribution is 5.73. The molecular weight excluding hydrogens is 188 g/mol. The van der Waals surface area contributed by atoms with Gasteiger partial charge in [0.15, 0.2) is 6.29 Å². The normalized spacial score (nSPS) is 17.6. The maximum Gasteiger partial charge on any atom is 0.311 e. The van der Waals surface area contributed by atoms with Crippen molar-refractivity contribution in [2.45, 2.75) is 25.7 Å². The summed E-state index contributed by atoms with van der Waals surface area (Å²) in [6.07, 6.45) is -0.864. The molecule has 2 unspecified atom stereocenters. The average Bonchev–Trinajstić information content (AvgIpc) is 2.16. The molecule has 14 heavy (non-hydrogen) atoms. The van der Waals surface area contributed by atoms with E-state index in [4.69, 9.17) is 9.47 Å². The monoisotopic (exact) mass is 206 g/mol. The van der Waals surface area contributed by atoms with E-state index < -0.39 is 23.8 Å². The standard InChI is InChI=1S/C9H18O5/c1-6(7(10)12-3)9(2,11)8(13-4)14-5/h6,8,11H,1-5H3. The Bertz CT molecular complexity index is 186. The van der Waals surface area contributed by atoms with Crippen LogP contribution in [0.2, 0.25) is 0 Å². The summed E-state index contributed by atoms with van der Waals surface area (Å²) in [5.41, 5.74) is -1.42. The summed E-state index contributed by atoms with van der Waals surface area (Å²) in [7, 11) is 4.06. The van der Waals surface area contributed by atoms with E-state index in [1.165, 1.54) is 28.3 Å². The molecular formula is C9H18O5. The molecule has 0 spiro atoms. The summed E-state index contributed by atoms with van der Waals surface area (Å²) in [5, 5.41) is 9.99. The SMILES string of the molecule is COC(=O)C(C)C(C)(O)C(OC)OC. The average molecular weight is 206 g/mol. The number of methoxy groups -OCH3 is 3. The second-order valence-electron chi connectivity index (χ2n) is 3.27. The molecule has 0 radical (unpaired) electrons. The third-order valence-electron chi connectivity index (χ3n) is 2.34. The van der Waals surface area contributed by atoms with Crippen LogP contribution in [0.25, 0.3) is 0 Å². The predicted molar refractivity (Wildman–Crippen MR) is 49.6 cm³/mol. The fraction of sp³-hybridized carbons (Fsp3) is 0.889. The molecule has 1 N–H and O–H groups in total. The van der Waals surface area contributed by atoms with Crippen LogP contribution in [-0.4, -0.2) is 44.3 Å². The Kier molecular flexibility index (Phi) is 5.04. The van der Waals surface area contributed by atoms with Crippen molar-refractivity contribution in [2.24, 2.45) is 5.92 Å². The lowest BCUT2D eigenvalue weighted by Crippen LogP contribution is -2.50. The van der Waals surface area contributed by atoms with Crippen molar-refractivity contribution in [2.75, 3.05) is 21.3 Å². The Balaban J connectivity index is 4.65. The maximum atomic E-state index is 11.2. The lowest BCUT2D eigenvalue weighted by molar-refractivity contribution is -0.228. The number of carbonyl (C=O) groups is 1. The zero-order chi connectivity index (χ0) is 11.4. The van der Waals surface area contributed by atoms with E-state index in [9.17, 15) is 9.90 Å². The molecule has 5 heteroatoms. The van der Waals surface area contributed by atoms with Crippen molar-refractivity contribution in [3.63, 3.8) is 0 Å². The number of hydrogen-bond donors (Lipinski definition) is 1. The van der Waals surface area contributed by atoms with Crippen LogP contribution in [0.15, 0.2) is 0 Å². The molecule has 0 saturated heterocycles. The lowest BCUT2D eigenvalue weighted by Gasteiger charge is -2.34. The zero-order valence-electron chi connectivity index (χ0n) is 9.23. The number of hydrogen-bond acceptors (Lipinski definition) is 5. The van der Waals surface area contributed by atoms with Crippen LogP contribution in [0, 0.1) is 5.92 Å². The highest BCUT2D eigenvalue weighted by atomic mass is 16.7. The van der Waals surface area contributed by atoms with Crippen LogP contribution in [0.4, 0.5) is 0 Å². The number of aliphatic hydroxyl groups is 1. The second kappa shape index (κ2) is 5.29. The minimum Gasteiger partial charge on any atom is -0.469 e. The van der Waals surface area contributed by atoms with Gasteiger partial charge in [-0.05, 0) is 13.8 Å². The van der Waals surface area contributed by atoms with Crippen LogP contribution in [0.1, 0.15) is 13.8 Å². The van der Waals surface area contributed by atoms with E-state index in [1.807, 2.05) is 0 Å². The first-order valence-electron chi connectivity index (χ1n) is 4.27. The van der Waals surface area contributed by atoms with E-state index in [0.29, 0.717) is 0 Å². The van der Waals surface area contributed by atoms with E-state index in [1.54, 1.807) is 6.92 Å². The van der Waals surface area contributed by atoms with Gasteiger partial charge in [0.1, 0.15) is 5.60 Å². The van der Waals surface area contributed by atoms with Crippen LogP contribution in [0.5, 0.6) is 0 Å². The van der Waals surface area contributed by atoms with Gasteiger partial charge in [0, 0.05) is 14.2 Å². The van der Waals surface area contributed by atoms with E-state index >= 15 is 0 Å². The van der Waals surface area contributed by atoms with Gasteiger partial charge in [0.25, 0.3) is 0 Å². The fourth-order valence-corrected chi connectivity index (χ4v) is 1.19. The van der Waals surface area contributed by atoms with E-state index in [0.717, 1.165) is 0 Å². The maximum absolute atomic E-state index is 11.2. The molecule has 5 nitrogen and oxygen atoms in total. The van der Waals surface area contributed by atoms with Crippen LogP contribution in [-0.2, 0) is 19.0 Å². The van der Waals surface area contributed by atoms with E-state index in [-0.39, 0.29) is 0 Å². The van der Waals surface area contributed by atoms with E-state index in [2.05, 4.69) is 4.74 Å². The van der Waals surface area contributed by atoms with Crippen molar-refractivity contribution >= 4 is 5.97 Å². The largest absolute Gasteiger partial charge is 0.469 e. The molecule has 2 atom stereocenters. The Morgan fingerprint density at radius 2 is 1.71 bits per heavy atom. The van der Waals surface area contributed by atoms with Crippen LogP contribution >= 0.6 is 0 Å². The molecule has 0 fully saturated rings. The first-order valence-corrected chi connectivity index (χ1v) is 4.27. The Morgan fingerprint density at radius 1 is 1.29 bits per heavy atom. The minimum atomic E-state index is -1.42. The molecule has 0 heterocycles. The number of esters is 1. The van der Waals surface area contributed by atoms with Crippen molar-refractivity contribution in [3.05, 3.63) is 0 Å². The molecule has 0 aliphatic rings. The van der Waals surface area contributed by atoms with Gasteiger partial charge in [-0.15, -0.1) is 0 Å². The van der Waals surface area contributed by atoms with Gasteiger partial charge < -0.3 is 19.3 Å². The summed E-state index contributed by atoms with van der Waals surface area (Å²) >= 11 is 0. The second-order valence-corrected chi connectivity index (χ2v) is 3.27. The fourth-order valence-electron chi connectivity index (χ4n) is 1.19. The summed E-state index contributed by atoms with van der Waals surface area (Å²) in [6.45, 7) is 3.02. The summed E-state index contributed by atoms with van der Waals surface area (Å²) < 4.78 is 14.3. The predicted octanol–water partition coefficient (Wildman–Crippen LogP) is 0.165. The van der Waals surface area contributed by atoms with Crippen LogP contribution < -0.4 is 0 Å². The summed E-state index contributed by atoms with van der Waals surface area (Å²) in [5.74, 6) is -1.23. The van der Waals surface area contributed by atoms with Gasteiger partial charge in [0.05, 0.1) is 13.0 Å². The smallest absolute Gasteiger partial charge is 0.311 e. The Morgan fingerprint density at radius 3 is 2.00 bits per heavy atom. The van der Waals surface area contributed by atoms with Crippen molar-refractivity contribution in [3.8, 4) is 0 Å². The molecule has 0 aromatic carbocycles. The molecule has 0 rings (SSSR count). The minimum absolute atomic E-state index is 0.505. The van der Waals surface area contributed by atoms with Crippen molar-refractivity contribution in [1.29, 1.82) is 0 Å². The number of ether oxygens (including phenoxy) is 3. The third-order valence-corrected chi connectivity index (χ3v) is 2.34. The van der Waals surface area contributed by atoms with Gasteiger partial charge in [-0.25, -0.2) is 0 Å². The van der Waals surface area contributed by atoms with Crippen molar-refractivity contribution < 1.29 is 24.1 Å². The highest BCUT2D eigenvalue weighted by Gasteiger charge is 2.42. The molecule has 0 aromatic heterocycles. The molecule has 0 saturated carbocycles.